The Morgan fingerprint density at radius 3 is 2.50 bits per heavy atom. The Morgan fingerprint density at radius 2 is 1.84 bits per heavy atom. The first-order valence-electron chi connectivity index (χ1n) is 9.38. The van der Waals surface area contributed by atoms with Crippen LogP contribution >= 0.6 is 0 Å². The Hall–Kier alpha value is -2.83. The molecule has 2 aromatic carbocycles. The van der Waals surface area contributed by atoms with E-state index in [2.05, 4.69) is 4.74 Å². The molecular weight excluding hydrogens is 455 g/mol. The normalized spacial score (nSPS) is 14.9. The van der Waals surface area contributed by atoms with Crippen LogP contribution in [0.1, 0.15) is 15.9 Å². The highest BCUT2D eigenvalue weighted by atomic mass is 32.2. The summed E-state index contributed by atoms with van der Waals surface area (Å²) in [5.41, 5.74) is 0.239. The predicted octanol–water partition coefficient (Wildman–Crippen LogP) is 2.81. The molecule has 1 heterocycles. The van der Waals surface area contributed by atoms with Crippen LogP contribution in [-0.2, 0) is 26.1 Å². The second-order valence-corrected chi connectivity index (χ2v) is 8.51. The third-order valence-electron chi connectivity index (χ3n) is 4.57. The molecule has 1 aliphatic heterocycles. The second kappa shape index (κ2) is 10.2. The third-order valence-corrected chi connectivity index (χ3v) is 6.48. The van der Waals surface area contributed by atoms with E-state index in [1.54, 1.807) is 0 Å². The van der Waals surface area contributed by atoms with Crippen molar-refractivity contribution in [2.75, 3.05) is 33.4 Å². The lowest BCUT2D eigenvalue weighted by Crippen LogP contribution is -2.41. The van der Waals surface area contributed by atoms with Crippen molar-refractivity contribution < 1.29 is 45.3 Å². The highest BCUT2D eigenvalue weighted by Crippen LogP contribution is 2.30. The van der Waals surface area contributed by atoms with Gasteiger partial charge < -0.3 is 18.9 Å². The number of halogens is 3. The van der Waals surface area contributed by atoms with Gasteiger partial charge in [0.15, 0.2) is 11.5 Å². The van der Waals surface area contributed by atoms with E-state index in [-0.39, 0.29) is 50.0 Å². The number of hydrogen-bond acceptors (Lipinski definition) is 7. The zero-order chi connectivity index (χ0) is 23.3. The molecule has 0 atom stereocenters. The molecule has 0 saturated carbocycles. The minimum absolute atomic E-state index is 0.0134. The van der Waals surface area contributed by atoms with Gasteiger partial charge >= 0.3 is 12.6 Å². The molecule has 1 fully saturated rings. The van der Waals surface area contributed by atoms with Crippen molar-refractivity contribution in [3.8, 4) is 11.5 Å². The molecule has 3 rings (SSSR count). The van der Waals surface area contributed by atoms with Gasteiger partial charge in [0, 0.05) is 13.1 Å². The van der Waals surface area contributed by atoms with E-state index in [9.17, 15) is 26.4 Å². The minimum Gasteiger partial charge on any atom is -0.493 e. The van der Waals surface area contributed by atoms with E-state index in [1.165, 1.54) is 25.3 Å². The number of carbonyl (C=O) groups excluding carboxylic acids is 1. The lowest BCUT2D eigenvalue weighted by molar-refractivity contribution is -0.0512. The number of ether oxygens (including phenoxy) is 4. The van der Waals surface area contributed by atoms with Gasteiger partial charge in [-0.1, -0.05) is 6.07 Å². The smallest absolute Gasteiger partial charge is 0.387 e. The van der Waals surface area contributed by atoms with Gasteiger partial charge in [-0.05, 0) is 35.9 Å². The van der Waals surface area contributed by atoms with Crippen LogP contribution in [0.4, 0.5) is 13.2 Å². The SMILES string of the molecule is COc1cc(COC(=O)c2ccc(F)c(S(=O)(=O)N3CCOCC3)c2)ccc1OC(F)F. The average molecular weight is 475 g/mol. The zero-order valence-corrected chi connectivity index (χ0v) is 17.7. The van der Waals surface area contributed by atoms with Gasteiger partial charge in [-0.3, -0.25) is 0 Å². The quantitative estimate of drug-likeness (QED) is 0.543. The van der Waals surface area contributed by atoms with Crippen LogP contribution in [-0.4, -0.2) is 58.7 Å². The molecule has 174 valence electrons. The van der Waals surface area contributed by atoms with Crippen LogP contribution in [0.25, 0.3) is 0 Å². The summed E-state index contributed by atoms with van der Waals surface area (Å²) < 4.78 is 85.2. The van der Waals surface area contributed by atoms with Crippen LogP contribution in [0, 0.1) is 5.82 Å². The fourth-order valence-electron chi connectivity index (χ4n) is 2.98. The lowest BCUT2D eigenvalue weighted by Gasteiger charge is -2.26. The maximum atomic E-state index is 14.3. The molecule has 1 saturated heterocycles. The molecular formula is C20H20F3NO7S. The summed E-state index contributed by atoms with van der Waals surface area (Å²) in [7, 11) is -2.90. The van der Waals surface area contributed by atoms with Gasteiger partial charge in [-0.25, -0.2) is 17.6 Å². The first-order valence-corrected chi connectivity index (χ1v) is 10.8. The number of nitrogens with zero attached hydrogens (tertiary/aromatic N) is 1. The van der Waals surface area contributed by atoms with E-state index >= 15 is 0 Å². The van der Waals surface area contributed by atoms with Crippen LogP contribution < -0.4 is 9.47 Å². The molecule has 0 amide bonds. The first-order chi connectivity index (χ1) is 15.2. The molecule has 0 N–H and O–H groups in total. The number of carbonyl (C=O) groups is 1. The number of alkyl halides is 2. The largest absolute Gasteiger partial charge is 0.493 e. The van der Waals surface area contributed by atoms with Crippen LogP contribution in [0.2, 0.25) is 0 Å². The molecule has 0 aliphatic carbocycles. The van der Waals surface area contributed by atoms with Gasteiger partial charge in [0.1, 0.15) is 17.3 Å². The van der Waals surface area contributed by atoms with Crippen molar-refractivity contribution >= 4 is 16.0 Å². The van der Waals surface area contributed by atoms with Gasteiger partial charge in [-0.2, -0.15) is 13.1 Å². The maximum Gasteiger partial charge on any atom is 0.387 e. The molecule has 2 aromatic rings. The molecule has 12 heteroatoms. The van der Waals surface area contributed by atoms with Crippen molar-refractivity contribution in [1.82, 2.24) is 4.31 Å². The Morgan fingerprint density at radius 1 is 1.12 bits per heavy atom. The van der Waals surface area contributed by atoms with E-state index in [4.69, 9.17) is 14.2 Å². The molecule has 0 unspecified atom stereocenters. The molecule has 0 spiro atoms. The highest BCUT2D eigenvalue weighted by molar-refractivity contribution is 7.89. The summed E-state index contributed by atoms with van der Waals surface area (Å²) in [4.78, 5) is 11.8. The summed E-state index contributed by atoms with van der Waals surface area (Å²) in [6.07, 6.45) is 0. The molecule has 32 heavy (non-hydrogen) atoms. The monoisotopic (exact) mass is 475 g/mol. The standard InChI is InChI=1S/C20H20F3NO7S/c1-28-17-10-13(2-5-16(17)31-20(22)23)12-30-19(25)14-3-4-15(21)18(11-14)32(26,27)24-6-8-29-9-7-24/h2-5,10-11,20H,6-9,12H2,1H3. The average Bonchev–Trinajstić information content (AvgIpc) is 2.78. The van der Waals surface area contributed by atoms with Gasteiger partial charge in [0.25, 0.3) is 0 Å². The van der Waals surface area contributed by atoms with Gasteiger partial charge in [0.2, 0.25) is 10.0 Å². The predicted molar refractivity (Wildman–Crippen MR) is 105 cm³/mol. The Labute approximate surface area is 182 Å². The van der Waals surface area contributed by atoms with Crippen molar-refractivity contribution in [3.63, 3.8) is 0 Å². The summed E-state index contributed by atoms with van der Waals surface area (Å²) in [5.74, 6) is -2.06. The fraction of sp³-hybridized carbons (Fsp3) is 0.350. The molecule has 0 radical (unpaired) electrons. The van der Waals surface area contributed by atoms with Crippen LogP contribution in [0.5, 0.6) is 11.5 Å². The number of benzene rings is 2. The van der Waals surface area contributed by atoms with Gasteiger partial charge in [-0.15, -0.1) is 0 Å². The maximum absolute atomic E-state index is 14.3. The third kappa shape index (κ3) is 5.50. The highest BCUT2D eigenvalue weighted by Gasteiger charge is 2.30. The number of esters is 1. The minimum atomic E-state index is -4.16. The number of rotatable bonds is 8. The number of hydrogen-bond donors (Lipinski definition) is 0. The number of morpholine rings is 1. The second-order valence-electron chi connectivity index (χ2n) is 6.60. The Bertz CT molecular complexity index is 1070. The van der Waals surface area contributed by atoms with Crippen LogP contribution in [0.3, 0.4) is 0 Å². The molecule has 8 nitrogen and oxygen atoms in total. The van der Waals surface area contributed by atoms with E-state index < -0.39 is 33.3 Å². The lowest BCUT2D eigenvalue weighted by atomic mass is 10.2. The summed E-state index contributed by atoms with van der Waals surface area (Å²) in [6.45, 7) is -2.78. The fourth-order valence-corrected chi connectivity index (χ4v) is 4.48. The molecule has 0 bridgehead atoms. The van der Waals surface area contributed by atoms with Crippen molar-refractivity contribution in [1.29, 1.82) is 0 Å². The van der Waals surface area contributed by atoms with Crippen molar-refractivity contribution in [3.05, 3.63) is 53.3 Å². The Kier molecular flexibility index (Phi) is 7.59. The number of methoxy groups -OCH3 is 1. The van der Waals surface area contributed by atoms with E-state index in [0.29, 0.717) is 5.56 Å². The molecule has 1 aliphatic rings. The summed E-state index contributed by atoms with van der Waals surface area (Å²) in [5, 5.41) is 0. The summed E-state index contributed by atoms with van der Waals surface area (Å²) in [6, 6.07) is 6.89. The van der Waals surface area contributed by atoms with Crippen LogP contribution in [0.15, 0.2) is 41.3 Å². The topological polar surface area (TPSA) is 91.4 Å². The Balaban J connectivity index is 1.74. The van der Waals surface area contributed by atoms with E-state index in [0.717, 1.165) is 22.5 Å². The zero-order valence-electron chi connectivity index (χ0n) is 16.9. The van der Waals surface area contributed by atoms with Crippen molar-refractivity contribution in [2.45, 2.75) is 18.1 Å². The number of sulfonamides is 1. The van der Waals surface area contributed by atoms with Crippen molar-refractivity contribution in [2.24, 2.45) is 0 Å². The van der Waals surface area contributed by atoms with Gasteiger partial charge in [0.05, 0.1) is 25.9 Å². The summed E-state index contributed by atoms with van der Waals surface area (Å²) >= 11 is 0. The first kappa shape index (κ1) is 23.8. The van der Waals surface area contributed by atoms with E-state index in [1.807, 2.05) is 0 Å². The molecule has 0 aromatic heterocycles.